The van der Waals surface area contributed by atoms with Gasteiger partial charge in [0.15, 0.2) is 0 Å². The number of alkyl halides is 3. The predicted octanol–water partition coefficient (Wildman–Crippen LogP) is 12.9. The molecule has 3 aromatic carbocycles. The SMILES string of the molecule is CC(C)c1cccc(C(C)C)c1N=Cc1cccc(-c2ccccc2Cl)n1.FC(F)(F)c1ccccc1-c1cccc(C=NC2CCCCC2)n1. The largest absolute Gasteiger partial charge is 0.417 e. The molecule has 0 saturated heterocycles. The maximum absolute atomic E-state index is 13.2. The van der Waals surface area contributed by atoms with Crippen molar-refractivity contribution >= 4 is 29.7 Å². The lowest BCUT2D eigenvalue weighted by atomic mass is 9.93. The van der Waals surface area contributed by atoms with Crippen molar-refractivity contribution in [2.24, 2.45) is 9.98 Å². The fraction of sp³-hybridized carbons (Fsp3) is 0.302. The van der Waals surface area contributed by atoms with Gasteiger partial charge in [-0.1, -0.05) is 125 Å². The Hall–Kier alpha value is -4.62. The minimum Gasteiger partial charge on any atom is -0.288 e. The first-order valence-electron chi connectivity index (χ1n) is 17.6. The average molecular weight is 709 g/mol. The first kappa shape index (κ1) is 37.6. The number of pyridine rings is 2. The van der Waals surface area contributed by atoms with Crippen LogP contribution in [0.2, 0.25) is 5.02 Å². The van der Waals surface area contributed by atoms with Crippen LogP contribution in [0.25, 0.3) is 22.5 Å². The summed E-state index contributed by atoms with van der Waals surface area (Å²) in [5.41, 5.74) is 6.53. The Labute approximate surface area is 304 Å². The Kier molecular flexibility index (Phi) is 12.9. The van der Waals surface area contributed by atoms with Crippen molar-refractivity contribution in [3.05, 3.63) is 136 Å². The second-order valence-corrected chi connectivity index (χ2v) is 13.7. The van der Waals surface area contributed by atoms with E-state index in [2.05, 4.69) is 55.9 Å². The van der Waals surface area contributed by atoms with E-state index in [9.17, 15) is 13.2 Å². The van der Waals surface area contributed by atoms with Crippen molar-refractivity contribution in [2.45, 2.75) is 83.9 Å². The molecule has 0 N–H and O–H groups in total. The van der Waals surface area contributed by atoms with E-state index in [4.69, 9.17) is 21.6 Å². The van der Waals surface area contributed by atoms with E-state index in [0.29, 0.717) is 34.3 Å². The van der Waals surface area contributed by atoms with E-state index in [1.807, 2.05) is 48.7 Å². The third kappa shape index (κ3) is 10.2. The van der Waals surface area contributed by atoms with Gasteiger partial charge in [0, 0.05) is 22.4 Å². The number of para-hydroxylation sites is 1. The number of aliphatic imine (C=N–C) groups is 2. The molecule has 0 atom stereocenters. The van der Waals surface area contributed by atoms with Crippen LogP contribution in [0.3, 0.4) is 0 Å². The molecule has 0 aliphatic heterocycles. The van der Waals surface area contributed by atoms with E-state index in [1.165, 1.54) is 42.5 Å². The van der Waals surface area contributed by atoms with Gasteiger partial charge < -0.3 is 0 Å². The Morgan fingerprint density at radius 3 is 1.76 bits per heavy atom. The zero-order chi connectivity index (χ0) is 36.4. The first-order chi connectivity index (χ1) is 24.5. The predicted molar refractivity (Wildman–Crippen MR) is 206 cm³/mol. The van der Waals surface area contributed by atoms with Crippen LogP contribution in [-0.4, -0.2) is 28.4 Å². The fourth-order valence-corrected chi connectivity index (χ4v) is 6.41. The average Bonchev–Trinajstić information content (AvgIpc) is 3.13. The van der Waals surface area contributed by atoms with Gasteiger partial charge in [0.2, 0.25) is 0 Å². The molecule has 0 bridgehead atoms. The van der Waals surface area contributed by atoms with E-state index < -0.39 is 11.7 Å². The first-order valence-corrected chi connectivity index (χ1v) is 17.9. The van der Waals surface area contributed by atoms with Crippen molar-refractivity contribution in [3.8, 4) is 22.5 Å². The van der Waals surface area contributed by atoms with Gasteiger partial charge in [-0.15, -0.1) is 0 Å². The summed E-state index contributed by atoms with van der Waals surface area (Å²) in [4.78, 5) is 18.5. The lowest BCUT2D eigenvalue weighted by Gasteiger charge is -2.17. The van der Waals surface area contributed by atoms with Crippen molar-refractivity contribution in [1.29, 1.82) is 0 Å². The summed E-state index contributed by atoms with van der Waals surface area (Å²) in [7, 11) is 0. The summed E-state index contributed by atoms with van der Waals surface area (Å²) in [6.07, 6.45) is 4.94. The van der Waals surface area contributed by atoms with Crippen LogP contribution in [0.15, 0.2) is 113 Å². The molecular weight excluding hydrogens is 665 g/mol. The molecule has 1 aliphatic rings. The maximum Gasteiger partial charge on any atom is 0.417 e. The van der Waals surface area contributed by atoms with Gasteiger partial charge >= 0.3 is 6.18 Å². The quantitative estimate of drug-likeness (QED) is 0.151. The van der Waals surface area contributed by atoms with Crippen LogP contribution in [0.4, 0.5) is 18.9 Å². The van der Waals surface area contributed by atoms with Gasteiger partial charge in [0.1, 0.15) is 0 Å². The van der Waals surface area contributed by atoms with Crippen LogP contribution in [0.5, 0.6) is 0 Å². The maximum atomic E-state index is 13.2. The molecule has 2 aromatic heterocycles. The number of rotatable bonds is 8. The highest BCUT2D eigenvalue weighted by molar-refractivity contribution is 6.33. The minimum atomic E-state index is -4.40. The molecule has 0 radical (unpaired) electrons. The third-order valence-electron chi connectivity index (χ3n) is 8.86. The number of aromatic nitrogens is 2. The molecule has 51 heavy (non-hydrogen) atoms. The Bertz CT molecular complexity index is 1930. The molecule has 1 aliphatic carbocycles. The van der Waals surface area contributed by atoms with Gasteiger partial charge in [-0.2, -0.15) is 13.2 Å². The Morgan fingerprint density at radius 1 is 0.647 bits per heavy atom. The van der Waals surface area contributed by atoms with E-state index in [1.54, 1.807) is 30.5 Å². The number of hydrogen-bond acceptors (Lipinski definition) is 4. The molecule has 1 saturated carbocycles. The van der Waals surface area contributed by atoms with Crippen molar-refractivity contribution in [1.82, 2.24) is 9.97 Å². The monoisotopic (exact) mass is 708 g/mol. The molecule has 1 fully saturated rings. The molecule has 0 spiro atoms. The van der Waals surface area contributed by atoms with E-state index >= 15 is 0 Å². The Morgan fingerprint density at radius 2 is 1.18 bits per heavy atom. The van der Waals surface area contributed by atoms with Crippen molar-refractivity contribution in [2.75, 3.05) is 0 Å². The molecule has 0 amide bonds. The van der Waals surface area contributed by atoms with Gasteiger partial charge in [-0.25, -0.2) is 9.97 Å². The summed E-state index contributed by atoms with van der Waals surface area (Å²) in [5.74, 6) is 0.830. The van der Waals surface area contributed by atoms with Crippen LogP contribution in [0.1, 0.15) is 99.7 Å². The minimum absolute atomic E-state index is 0.0953. The fourth-order valence-electron chi connectivity index (χ4n) is 6.17. The number of nitrogens with zero attached hydrogens (tertiary/aromatic N) is 4. The smallest absolute Gasteiger partial charge is 0.288 e. The Balaban J connectivity index is 0.000000199. The van der Waals surface area contributed by atoms with E-state index in [0.717, 1.165) is 41.5 Å². The molecule has 264 valence electrons. The van der Waals surface area contributed by atoms with Gasteiger partial charge in [0.25, 0.3) is 0 Å². The summed E-state index contributed by atoms with van der Waals surface area (Å²) < 4.78 is 39.5. The van der Waals surface area contributed by atoms with Crippen LogP contribution in [0, 0.1) is 0 Å². The molecular formula is C43H44ClF3N4. The topological polar surface area (TPSA) is 50.5 Å². The zero-order valence-corrected chi connectivity index (χ0v) is 30.3. The summed E-state index contributed by atoms with van der Waals surface area (Å²) in [6, 6.07) is 31.1. The summed E-state index contributed by atoms with van der Waals surface area (Å²) in [6.45, 7) is 8.81. The number of benzene rings is 3. The number of halogens is 4. The molecule has 8 heteroatoms. The van der Waals surface area contributed by atoms with Crippen molar-refractivity contribution in [3.63, 3.8) is 0 Å². The highest BCUT2D eigenvalue weighted by Crippen LogP contribution is 2.37. The standard InChI is InChI=1S/C24H25ClN2.C19H19F3N2/c1-16(2)19-11-8-12-20(17(3)4)24(19)26-15-18-9-7-14-23(27-18)21-10-5-6-13-22(21)25;20-19(21,22)17-11-5-4-10-16(17)18-12-6-9-15(24-18)13-23-14-7-2-1-3-8-14/h5-17H,1-4H3;4-6,9-14H,1-3,7-8H2. The molecule has 4 nitrogen and oxygen atoms in total. The van der Waals surface area contributed by atoms with Crippen LogP contribution >= 0.6 is 11.6 Å². The summed E-state index contributed by atoms with van der Waals surface area (Å²) in [5, 5.41) is 0.700. The third-order valence-corrected chi connectivity index (χ3v) is 9.19. The highest BCUT2D eigenvalue weighted by Gasteiger charge is 2.33. The van der Waals surface area contributed by atoms with Gasteiger partial charge in [-0.05, 0) is 72.2 Å². The second-order valence-electron chi connectivity index (χ2n) is 13.3. The molecule has 6 rings (SSSR count). The zero-order valence-electron chi connectivity index (χ0n) is 29.5. The van der Waals surface area contributed by atoms with Crippen LogP contribution < -0.4 is 0 Å². The van der Waals surface area contributed by atoms with Crippen molar-refractivity contribution < 1.29 is 13.2 Å². The van der Waals surface area contributed by atoms with Gasteiger partial charge in [0.05, 0.1) is 46.3 Å². The lowest BCUT2D eigenvalue weighted by Crippen LogP contribution is -2.10. The molecule has 5 aromatic rings. The van der Waals surface area contributed by atoms with Crippen LogP contribution in [-0.2, 0) is 6.18 Å². The number of hydrogen-bond donors (Lipinski definition) is 0. The normalized spacial score (nSPS) is 14.0. The molecule has 2 heterocycles. The van der Waals surface area contributed by atoms with Gasteiger partial charge in [-0.3, -0.25) is 9.98 Å². The van der Waals surface area contributed by atoms with E-state index in [-0.39, 0.29) is 5.56 Å². The molecule has 0 unspecified atom stereocenters. The summed E-state index contributed by atoms with van der Waals surface area (Å²) >= 11 is 6.32. The second kappa shape index (κ2) is 17.5. The highest BCUT2D eigenvalue weighted by atomic mass is 35.5. The lowest BCUT2D eigenvalue weighted by molar-refractivity contribution is -0.137.